The first kappa shape index (κ1) is 65.8. The average molecular weight is 1050 g/mol. The second-order valence-electron chi connectivity index (χ2n) is 12.9. The molecule has 67 heavy (non-hydrogen) atoms. The number of carbonyl (C=O) groups is 5. The van der Waals surface area contributed by atoms with Gasteiger partial charge in [-0.3, -0.25) is 0 Å². The fraction of sp³-hybridized carbons (Fsp3) is 0.441. The average Bonchev–Trinajstić information content (AvgIpc) is 3.14. The first-order valence-corrected chi connectivity index (χ1v) is 20.9. The molecule has 384 valence electrons. The molecule has 1 rings (SSSR count). The Balaban J connectivity index is -0.000000824. The van der Waals surface area contributed by atoms with Crippen LogP contribution in [0.3, 0.4) is 0 Å². The third kappa shape index (κ3) is 22.7. The molecule has 0 atom stereocenters. The molecule has 0 aliphatic heterocycles. The van der Waals surface area contributed by atoms with Crippen molar-refractivity contribution < 1.29 is 135 Å². The van der Waals surface area contributed by atoms with Crippen LogP contribution in [0.15, 0.2) is 53.5 Å². The van der Waals surface area contributed by atoms with E-state index in [9.17, 15) is 111 Å². The molecular formula is C34H36F11O19S3-3. The lowest BCUT2D eigenvalue weighted by Gasteiger charge is -2.26. The van der Waals surface area contributed by atoms with E-state index in [1.165, 1.54) is 20.8 Å². The second-order valence-corrected chi connectivity index (χ2v) is 17.3. The first-order valence-electron chi connectivity index (χ1n) is 16.7. The molecule has 0 radical (unpaired) electrons. The van der Waals surface area contributed by atoms with E-state index < -0.39 is 149 Å². The van der Waals surface area contributed by atoms with Crippen molar-refractivity contribution in [3.05, 3.63) is 71.9 Å². The highest BCUT2D eigenvalue weighted by Gasteiger charge is 2.47. The van der Waals surface area contributed by atoms with E-state index in [-0.39, 0.29) is 22.3 Å². The van der Waals surface area contributed by atoms with Gasteiger partial charge in [0.2, 0.25) is 17.4 Å². The summed E-state index contributed by atoms with van der Waals surface area (Å²) in [6.07, 6.45) is -0.838. The standard InChI is InChI=1S/C10H6F4O5S.C10H15F3O2.C8H10F2O7S.C6H8F2O5S/c1-3(2)10(15)19-8-4(11)6(13)9(20(16,17)18)7(14)5(8)12;1-7(2)8(14)15-6-5-10(12,13)9(3,4)11;1-5(2)7(12)16-3-6(11)17-4-8(9,10)18(13,14)15;1-4(2)5(9)13-3-6(7,8)14(10,11)12/h1H2,2H3,(H,16,17,18);1,5-6H2,2-4H3;1,3-4H2,2H3,(H,13,14,15);1,3H2,2H3,(H,10,11,12)/p-3. The van der Waals surface area contributed by atoms with Crippen LogP contribution in [0.5, 0.6) is 5.75 Å². The van der Waals surface area contributed by atoms with Crippen LogP contribution >= 0.6 is 0 Å². The lowest BCUT2D eigenvalue weighted by molar-refractivity contribution is -0.160. The predicted molar refractivity (Wildman–Crippen MR) is 197 cm³/mol. The van der Waals surface area contributed by atoms with Crippen molar-refractivity contribution in [1.82, 2.24) is 0 Å². The van der Waals surface area contributed by atoms with Gasteiger partial charge in [0.15, 0.2) is 57.4 Å². The van der Waals surface area contributed by atoms with E-state index in [4.69, 9.17) is 0 Å². The molecule has 0 aromatic heterocycles. The van der Waals surface area contributed by atoms with E-state index in [0.29, 0.717) is 0 Å². The van der Waals surface area contributed by atoms with Gasteiger partial charge in [0.1, 0.15) is 15.0 Å². The Hall–Kier alpha value is -5.51. The monoisotopic (exact) mass is 1050 g/mol. The molecule has 19 nitrogen and oxygen atoms in total. The van der Waals surface area contributed by atoms with Crippen molar-refractivity contribution in [1.29, 1.82) is 0 Å². The van der Waals surface area contributed by atoms with Gasteiger partial charge in [-0.1, -0.05) is 26.3 Å². The summed E-state index contributed by atoms with van der Waals surface area (Å²) in [4.78, 5) is 51.7. The number of carbonyl (C=O) groups excluding carboxylic acids is 5. The van der Waals surface area contributed by atoms with Crippen LogP contribution in [0.25, 0.3) is 0 Å². The summed E-state index contributed by atoms with van der Waals surface area (Å²) in [6.45, 7) is 13.9. The quantitative estimate of drug-likeness (QED) is 0.0371. The first-order chi connectivity index (χ1) is 29.6. The van der Waals surface area contributed by atoms with Gasteiger partial charge in [0, 0.05) is 28.7 Å². The van der Waals surface area contributed by atoms with E-state index in [1.54, 1.807) is 0 Å². The van der Waals surface area contributed by atoms with Crippen molar-refractivity contribution in [2.75, 3.05) is 26.4 Å². The van der Waals surface area contributed by atoms with E-state index >= 15 is 0 Å². The molecule has 1 aromatic rings. The minimum atomic E-state index is -5.93. The van der Waals surface area contributed by atoms with Crippen LogP contribution in [0.2, 0.25) is 0 Å². The Kier molecular flexibility index (Phi) is 25.1. The molecule has 1 aromatic carbocycles. The molecule has 0 aliphatic rings. The van der Waals surface area contributed by atoms with Crippen LogP contribution in [-0.2, 0) is 73.3 Å². The predicted octanol–water partition coefficient (Wildman–Crippen LogP) is 4.54. The molecule has 33 heteroatoms. The van der Waals surface area contributed by atoms with Crippen LogP contribution in [0, 0.1) is 23.3 Å². The number of esters is 5. The minimum Gasteiger partial charge on any atom is -0.744 e. The third-order valence-corrected chi connectivity index (χ3v) is 8.92. The topological polar surface area (TPSA) is 303 Å². The molecule has 0 N–H and O–H groups in total. The summed E-state index contributed by atoms with van der Waals surface area (Å²) in [7, 11) is -17.5. The zero-order chi connectivity index (χ0) is 54.2. The maximum absolute atomic E-state index is 13.4. The Morgan fingerprint density at radius 3 is 1.18 bits per heavy atom. The van der Waals surface area contributed by atoms with Gasteiger partial charge in [0.25, 0.3) is 5.92 Å². The molecule has 0 unspecified atom stereocenters. The van der Waals surface area contributed by atoms with Crippen LogP contribution in [0.4, 0.5) is 48.3 Å². The van der Waals surface area contributed by atoms with E-state index in [0.717, 1.165) is 20.8 Å². The molecule has 0 bridgehead atoms. The Labute approximate surface area is 373 Å². The number of ether oxygens (including phenoxy) is 5. The summed E-state index contributed by atoms with van der Waals surface area (Å²) < 4.78 is 254. The molecule has 0 saturated carbocycles. The van der Waals surface area contributed by atoms with Gasteiger partial charge >= 0.3 is 40.4 Å². The highest BCUT2D eigenvalue weighted by Crippen LogP contribution is 2.35. The Morgan fingerprint density at radius 2 is 0.866 bits per heavy atom. The van der Waals surface area contributed by atoms with E-state index in [2.05, 4.69) is 50.0 Å². The largest absolute Gasteiger partial charge is 0.744 e. The van der Waals surface area contributed by atoms with Crippen molar-refractivity contribution >= 4 is 60.2 Å². The number of hydrogen-bond acceptors (Lipinski definition) is 19. The SMILES string of the molecule is C=C(C)C(=O)OCC(=O)OCC(F)(F)S(=O)(=O)[O-].C=C(C)C(=O)OCC(F)(F)S(=O)(=O)[O-].C=C(C)C(=O)OCCC(F)(F)C(C)(C)F.C=C(C)C(=O)Oc1c(F)c(F)c(S(=O)(=O)[O-])c(F)c1F. The Morgan fingerprint density at radius 1 is 0.537 bits per heavy atom. The lowest BCUT2D eigenvalue weighted by Crippen LogP contribution is -2.39. The molecule has 0 spiro atoms. The van der Waals surface area contributed by atoms with Gasteiger partial charge in [-0.05, 0) is 41.5 Å². The van der Waals surface area contributed by atoms with Gasteiger partial charge < -0.3 is 37.3 Å². The van der Waals surface area contributed by atoms with Gasteiger partial charge in [-0.15, -0.1) is 0 Å². The van der Waals surface area contributed by atoms with Crippen molar-refractivity contribution in [3.63, 3.8) is 0 Å². The molecular weight excluding hydrogens is 1020 g/mol. The zero-order valence-electron chi connectivity index (χ0n) is 35.0. The lowest BCUT2D eigenvalue weighted by atomic mass is 10.0. The molecule has 0 saturated heterocycles. The minimum absolute atomic E-state index is 0.0322. The fourth-order valence-corrected chi connectivity index (χ4v) is 3.67. The summed E-state index contributed by atoms with van der Waals surface area (Å²) in [5, 5.41) is -9.35. The molecule has 0 fully saturated rings. The number of alkyl halides is 7. The summed E-state index contributed by atoms with van der Waals surface area (Å²) in [6, 6.07) is 0. The maximum atomic E-state index is 13.4. The van der Waals surface area contributed by atoms with Crippen LogP contribution in [0.1, 0.15) is 48.0 Å². The normalized spacial score (nSPS) is 11.9. The number of halogens is 11. The van der Waals surface area contributed by atoms with Gasteiger partial charge in [0.05, 0.1) is 6.61 Å². The third-order valence-electron chi connectivity index (χ3n) is 6.37. The molecule has 0 aliphatic carbocycles. The summed E-state index contributed by atoms with van der Waals surface area (Å²) >= 11 is 0. The molecule has 0 amide bonds. The summed E-state index contributed by atoms with van der Waals surface area (Å²) in [5.41, 5.74) is -3.05. The highest BCUT2D eigenvalue weighted by molar-refractivity contribution is 7.87. The van der Waals surface area contributed by atoms with Crippen molar-refractivity contribution in [3.8, 4) is 5.75 Å². The van der Waals surface area contributed by atoms with Gasteiger partial charge in [-0.2, -0.15) is 26.3 Å². The number of benzene rings is 1. The van der Waals surface area contributed by atoms with Crippen LogP contribution in [-0.4, -0.2) is 117 Å². The zero-order valence-corrected chi connectivity index (χ0v) is 37.5. The number of rotatable bonds is 18. The maximum Gasteiger partial charge on any atom is 0.367 e. The fourth-order valence-electron chi connectivity index (χ4n) is 2.64. The van der Waals surface area contributed by atoms with Crippen molar-refractivity contribution in [2.24, 2.45) is 0 Å². The molecule has 0 heterocycles. The smallest absolute Gasteiger partial charge is 0.367 e. The Bertz CT molecular complexity index is 2380. The highest BCUT2D eigenvalue weighted by atomic mass is 32.2. The summed E-state index contributed by atoms with van der Waals surface area (Å²) in [5.74, 6) is -20.6. The second kappa shape index (κ2) is 25.6. The number of hydrogen-bond donors (Lipinski definition) is 0. The van der Waals surface area contributed by atoms with Crippen molar-refractivity contribution in [2.45, 2.75) is 75.0 Å². The van der Waals surface area contributed by atoms with Crippen LogP contribution < -0.4 is 4.74 Å². The van der Waals surface area contributed by atoms with E-state index in [1.807, 2.05) is 0 Å². The van der Waals surface area contributed by atoms with Gasteiger partial charge in [-0.25, -0.2) is 71.2 Å².